The lowest BCUT2D eigenvalue weighted by Gasteiger charge is -2.41. The molecule has 1 rings (SSSR count). The molecule has 8 atom stereocenters. The van der Waals surface area contributed by atoms with Crippen LogP contribution >= 0.6 is 7.82 Å². The standard InChI is InChI=1S/C53H95O13P/c1-3-5-7-9-11-13-15-17-19-20-21-22-23-24-25-26-28-29-31-33-35-37-39-41-46(54)63-43-45(44-64-67(61,62)66-53-51(59)49(57)48(56)50(58)52(53)60)65-47(55)42-40-38-36-34-32-30-27-18-16-14-12-10-8-6-4-2/h6,8,12,14,18,27,33,35,45,48-53,56-60H,3-5,7,9-11,13,15-17,19-26,28-32,34,36-44H2,1-2H3,(H,61,62)/b8-6+,14-12+,27-18+,35-33+/t45-,48?,49-,50?,51?,52?,53?/m0/s1. The van der Waals surface area contributed by atoms with Crippen LogP contribution in [0, 0.1) is 0 Å². The number of carbonyl (C=O) groups is 2. The van der Waals surface area contributed by atoms with E-state index in [-0.39, 0.29) is 12.8 Å². The minimum Gasteiger partial charge on any atom is -0.462 e. The molecule has 0 saturated heterocycles. The van der Waals surface area contributed by atoms with Crippen LogP contribution in [0.4, 0.5) is 0 Å². The molecule has 0 amide bonds. The van der Waals surface area contributed by atoms with Crippen molar-refractivity contribution in [3.8, 4) is 0 Å². The van der Waals surface area contributed by atoms with E-state index in [1.165, 1.54) is 109 Å². The number of phosphoric acid groups is 1. The van der Waals surface area contributed by atoms with Gasteiger partial charge in [-0.1, -0.05) is 191 Å². The summed E-state index contributed by atoms with van der Waals surface area (Å²) in [5.41, 5.74) is 0. The Morgan fingerprint density at radius 3 is 1.36 bits per heavy atom. The summed E-state index contributed by atoms with van der Waals surface area (Å²) in [5, 5.41) is 50.3. The van der Waals surface area contributed by atoms with Gasteiger partial charge in [-0.15, -0.1) is 0 Å². The minimum atomic E-state index is -5.13. The summed E-state index contributed by atoms with van der Waals surface area (Å²) in [5.74, 6) is -1.15. The third kappa shape index (κ3) is 34.7. The fourth-order valence-corrected chi connectivity index (χ4v) is 8.93. The number of allylic oxidation sites excluding steroid dienone is 8. The Kier molecular flexibility index (Phi) is 40.0. The number of rotatable bonds is 44. The van der Waals surface area contributed by atoms with Crippen molar-refractivity contribution in [3.63, 3.8) is 0 Å². The Hall–Kier alpha value is -2.19. The van der Waals surface area contributed by atoms with Gasteiger partial charge in [0.1, 0.15) is 43.2 Å². The maximum absolute atomic E-state index is 12.8. The van der Waals surface area contributed by atoms with Gasteiger partial charge in [-0.2, -0.15) is 0 Å². The number of carbonyl (C=O) groups excluding carboxylic acids is 2. The fourth-order valence-electron chi connectivity index (χ4n) is 7.95. The molecule has 0 radical (unpaired) electrons. The number of esters is 2. The van der Waals surface area contributed by atoms with E-state index in [1.807, 2.05) is 0 Å². The van der Waals surface area contributed by atoms with Gasteiger partial charge in [-0.25, -0.2) is 4.57 Å². The molecule has 6 N–H and O–H groups in total. The highest BCUT2D eigenvalue weighted by atomic mass is 31.2. The molecule has 390 valence electrons. The Labute approximate surface area is 405 Å². The highest BCUT2D eigenvalue weighted by molar-refractivity contribution is 7.47. The van der Waals surface area contributed by atoms with E-state index in [0.29, 0.717) is 19.3 Å². The van der Waals surface area contributed by atoms with Crippen LogP contribution in [0.15, 0.2) is 48.6 Å². The molecule has 0 aromatic heterocycles. The topological polar surface area (TPSA) is 210 Å². The van der Waals surface area contributed by atoms with E-state index in [4.69, 9.17) is 18.5 Å². The van der Waals surface area contributed by atoms with E-state index in [1.54, 1.807) is 0 Å². The fraction of sp³-hybridized carbons (Fsp3) is 0.811. The zero-order chi connectivity index (χ0) is 49.2. The number of aliphatic hydroxyl groups is 5. The second-order valence-corrected chi connectivity index (χ2v) is 19.8. The summed E-state index contributed by atoms with van der Waals surface area (Å²) < 4.78 is 33.6. The molecule has 13 nitrogen and oxygen atoms in total. The highest BCUT2D eigenvalue weighted by Crippen LogP contribution is 2.47. The van der Waals surface area contributed by atoms with Crippen LogP contribution in [-0.4, -0.2) is 98.3 Å². The number of ether oxygens (including phenoxy) is 2. The summed E-state index contributed by atoms with van der Waals surface area (Å²) in [6.07, 6.45) is 38.9. The van der Waals surface area contributed by atoms with E-state index in [0.717, 1.165) is 64.2 Å². The molecule has 1 fully saturated rings. The SMILES string of the molecule is CC/C=C/C/C=C/C/C=C/CCCCCCCC(=O)O[C@@H](COC(=O)CCC/C=C/CCCCCCCCCCCCCCCCCCCC)COP(=O)(O)OC1C(O)C(O)C(O)[C@H](O)C1O. The van der Waals surface area contributed by atoms with Crippen molar-refractivity contribution in [2.75, 3.05) is 13.2 Å². The van der Waals surface area contributed by atoms with Crippen molar-refractivity contribution in [1.29, 1.82) is 0 Å². The summed E-state index contributed by atoms with van der Waals surface area (Å²) in [7, 11) is -5.13. The molecule has 0 aromatic carbocycles. The van der Waals surface area contributed by atoms with Crippen LogP contribution in [0.3, 0.4) is 0 Å². The van der Waals surface area contributed by atoms with Crippen LogP contribution in [-0.2, 0) is 32.7 Å². The van der Waals surface area contributed by atoms with E-state index in [2.05, 4.69) is 62.5 Å². The first-order valence-corrected chi connectivity index (χ1v) is 27.9. The van der Waals surface area contributed by atoms with Crippen molar-refractivity contribution in [3.05, 3.63) is 48.6 Å². The Morgan fingerprint density at radius 1 is 0.478 bits per heavy atom. The zero-order valence-corrected chi connectivity index (χ0v) is 42.6. The second kappa shape index (κ2) is 42.7. The molecular weight excluding hydrogens is 876 g/mol. The molecule has 0 aromatic rings. The van der Waals surface area contributed by atoms with Gasteiger partial charge in [0.25, 0.3) is 0 Å². The van der Waals surface area contributed by atoms with Gasteiger partial charge in [0.15, 0.2) is 6.10 Å². The maximum Gasteiger partial charge on any atom is 0.472 e. The van der Waals surface area contributed by atoms with Crippen LogP contribution in [0.25, 0.3) is 0 Å². The third-order valence-corrected chi connectivity index (χ3v) is 13.1. The van der Waals surface area contributed by atoms with Crippen molar-refractivity contribution in [2.45, 2.75) is 262 Å². The number of hydrogen-bond acceptors (Lipinski definition) is 12. The van der Waals surface area contributed by atoms with Gasteiger partial charge in [-0.05, 0) is 64.2 Å². The average molecular weight is 971 g/mol. The molecule has 14 heteroatoms. The van der Waals surface area contributed by atoms with Gasteiger partial charge in [0, 0.05) is 12.8 Å². The van der Waals surface area contributed by atoms with Gasteiger partial charge < -0.3 is 39.9 Å². The first kappa shape index (κ1) is 62.8. The van der Waals surface area contributed by atoms with Crippen molar-refractivity contribution in [2.24, 2.45) is 0 Å². The lowest BCUT2D eigenvalue weighted by atomic mass is 9.85. The van der Waals surface area contributed by atoms with Gasteiger partial charge in [0.2, 0.25) is 0 Å². The van der Waals surface area contributed by atoms with Crippen LogP contribution in [0.1, 0.15) is 219 Å². The monoisotopic (exact) mass is 971 g/mol. The van der Waals surface area contributed by atoms with Gasteiger partial charge >= 0.3 is 19.8 Å². The molecule has 6 unspecified atom stereocenters. The quantitative estimate of drug-likeness (QED) is 0.0145. The molecule has 1 saturated carbocycles. The van der Waals surface area contributed by atoms with E-state index < -0.39 is 75.7 Å². The molecular formula is C53H95O13P. The van der Waals surface area contributed by atoms with Gasteiger partial charge in [0.05, 0.1) is 6.61 Å². The third-order valence-electron chi connectivity index (χ3n) is 12.2. The van der Waals surface area contributed by atoms with Crippen molar-refractivity contribution >= 4 is 19.8 Å². The Bertz CT molecular complexity index is 1350. The molecule has 1 aliphatic carbocycles. The first-order chi connectivity index (χ1) is 32.4. The smallest absolute Gasteiger partial charge is 0.462 e. The normalized spacial score (nSPS) is 21.5. The van der Waals surface area contributed by atoms with Gasteiger partial charge in [-0.3, -0.25) is 18.6 Å². The zero-order valence-electron chi connectivity index (χ0n) is 41.7. The molecule has 67 heavy (non-hydrogen) atoms. The molecule has 0 heterocycles. The average Bonchev–Trinajstić information content (AvgIpc) is 3.31. The summed E-state index contributed by atoms with van der Waals surface area (Å²) in [4.78, 5) is 35.8. The molecule has 0 bridgehead atoms. The van der Waals surface area contributed by atoms with Crippen molar-refractivity contribution < 1.29 is 63.1 Å². The minimum absolute atomic E-state index is 0.0712. The first-order valence-electron chi connectivity index (χ1n) is 26.4. The number of phosphoric ester groups is 1. The second-order valence-electron chi connectivity index (χ2n) is 18.3. The predicted octanol–water partition coefficient (Wildman–Crippen LogP) is 11.5. The number of hydrogen-bond donors (Lipinski definition) is 6. The van der Waals surface area contributed by atoms with E-state index >= 15 is 0 Å². The Balaban J connectivity index is 2.37. The summed E-state index contributed by atoms with van der Waals surface area (Å²) >= 11 is 0. The lowest BCUT2D eigenvalue weighted by molar-refractivity contribution is -0.220. The van der Waals surface area contributed by atoms with Crippen LogP contribution in [0.5, 0.6) is 0 Å². The largest absolute Gasteiger partial charge is 0.472 e. The number of aliphatic hydroxyl groups excluding tert-OH is 5. The van der Waals surface area contributed by atoms with Crippen LogP contribution < -0.4 is 0 Å². The Morgan fingerprint density at radius 2 is 0.866 bits per heavy atom. The lowest BCUT2D eigenvalue weighted by Crippen LogP contribution is -2.64. The predicted molar refractivity (Wildman–Crippen MR) is 267 cm³/mol. The van der Waals surface area contributed by atoms with Crippen molar-refractivity contribution in [1.82, 2.24) is 0 Å². The van der Waals surface area contributed by atoms with Crippen LogP contribution in [0.2, 0.25) is 0 Å². The summed E-state index contributed by atoms with van der Waals surface area (Å²) in [6.45, 7) is 3.18. The summed E-state index contributed by atoms with van der Waals surface area (Å²) in [6, 6.07) is 0. The highest BCUT2D eigenvalue weighted by Gasteiger charge is 2.51. The molecule has 0 aliphatic heterocycles. The molecule has 1 aliphatic rings. The maximum atomic E-state index is 12.8. The number of unbranched alkanes of at least 4 members (excludes halogenated alkanes) is 24. The van der Waals surface area contributed by atoms with E-state index in [9.17, 15) is 44.6 Å². The molecule has 0 spiro atoms.